The molecule has 0 unspecified atom stereocenters. The van der Waals surface area contributed by atoms with Crippen LogP contribution in [0.2, 0.25) is 0 Å². The molecule has 1 rings (SSSR count). The molecule has 0 bridgehead atoms. The van der Waals surface area contributed by atoms with E-state index in [4.69, 9.17) is 0 Å². The molecular weight excluding hydrogens is 284 g/mol. The van der Waals surface area contributed by atoms with Gasteiger partial charge in [-0.05, 0) is 12.6 Å². The Hall–Kier alpha value is -0.232. The van der Waals surface area contributed by atoms with Gasteiger partial charge in [-0.2, -0.15) is 11.2 Å². The van der Waals surface area contributed by atoms with Gasteiger partial charge in [-0.3, -0.25) is 5.10 Å². The first-order valence-electron chi connectivity index (χ1n) is 2.47. The summed E-state index contributed by atoms with van der Waals surface area (Å²) < 4.78 is 0. The molecule has 0 atom stereocenters. The van der Waals surface area contributed by atoms with Crippen molar-refractivity contribution in [3.63, 3.8) is 0 Å². The molecule has 0 spiro atoms. The van der Waals surface area contributed by atoms with E-state index in [2.05, 4.69) is 16.4 Å². The summed E-state index contributed by atoms with van der Waals surface area (Å²) in [5, 5.41) is 7.34. The predicted octanol–water partition coefficient (Wildman–Crippen LogP) is 0.891. The predicted molar refractivity (Wildman–Crippen MR) is 30.3 cm³/mol. The van der Waals surface area contributed by atoms with Gasteiger partial charge in [-0.15, -0.1) is 6.20 Å². The molecule has 0 radical (unpaired) electrons. The largest absolute Gasteiger partial charge is 0.267 e. The van der Waals surface area contributed by atoms with E-state index in [1.807, 2.05) is 19.9 Å². The summed E-state index contributed by atoms with van der Waals surface area (Å²) in [5.74, 6) is 0. The molecule has 0 aliphatic rings. The smallest absolute Gasteiger partial charge is 0 e. The van der Waals surface area contributed by atoms with Crippen LogP contribution in [0.4, 0.5) is 0 Å². The van der Waals surface area contributed by atoms with Gasteiger partial charge in [0.25, 0.3) is 0 Å². The zero-order chi connectivity index (χ0) is 5.98. The molecule has 1 aromatic heterocycles. The van der Waals surface area contributed by atoms with Gasteiger partial charge in [0.2, 0.25) is 0 Å². The van der Waals surface area contributed by atoms with E-state index >= 15 is 0 Å². The minimum absolute atomic E-state index is 0. The number of rotatable bonds is 0. The minimum Gasteiger partial charge on any atom is -0.267 e. The molecule has 0 aliphatic heterocycles. The summed E-state index contributed by atoms with van der Waals surface area (Å²) in [7, 11) is 0. The second kappa shape index (κ2) is 3.73. The standard InChI is InChI=1S/C6H7N2.W/c1-5-3-6(2)8-7-4-5;/h3H,1-2H3;/q-1;. The Labute approximate surface area is 69.0 Å². The minimum atomic E-state index is 0. The number of nitrogens with zero attached hydrogens (tertiary/aromatic N) is 2. The second-order valence-corrected chi connectivity index (χ2v) is 1.78. The van der Waals surface area contributed by atoms with Crippen LogP contribution < -0.4 is 0 Å². The molecule has 1 heterocycles. The van der Waals surface area contributed by atoms with E-state index in [1.165, 1.54) is 0 Å². The van der Waals surface area contributed by atoms with Crippen molar-refractivity contribution >= 4 is 0 Å². The first-order chi connectivity index (χ1) is 3.79. The van der Waals surface area contributed by atoms with E-state index in [1.54, 1.807) is 0 Å². The van der Waals surface area contributed by atoms with Crippen molar-refractivity contribution in [1.82, 2.24) is 10.2 Å². The van der Waals surface area contributed by atoms with Gasteiger partial charge < -0.3 is 0 Å². The summed E-state index contributed by atoms with van der Waals surface area (Å²) >= 11 is 0. The molecule has 2 nitrogen and oxygen atoms in total. The van der Waals surface area contributed by atoms with Gasteiger partial charge in [-0.25, -0.2) is 5.56 Å². The van der Waals surface area contributed by atoms with E-state index in [9.17, 15) is 0 Å². The van der Waals surface area contributed by atoms with Crippen LogP contribution >= 0.6 is 0 Å². The van der Waals surface area contributed by atoms with Crippen molar-refractivity contribution in [3.8, 4) is 0 Å². The molecule has 3 heteroatoms. The van der Waals surface area contributed by atoms with E-state index in [0.717, 1.165) is 11.3 Å². The van der Waals surface area contributed by atoms with Crippen LogP contribution in [0, 0.1) is 20.0 Å². The van der Waals surface area contributed by atoms with Gasteiger partial charge in [0, 0.05) is 21.1 Å². The molecule has 0 amide bonds. The summed E-state index contributed by atoms with van der Waals surface area (Å²) in [6, 6.07) is 1.94. The fourth-order valence-electron chi connectivity index (χ4n) is 0.557. The number of hydrogen-bond acceptors (Lipinski definition) is 2. The molecular formula is C6H7N2W-. The average molecular weight is 291 g/mol. The SMILES string of the molecule is Cc1[c-]nnc(C)c1.[W]. The van der Waals surface area contributed by atoms with E-state index in [0.29, 0.717) is 0 Å². The third-order valence-corrected chi connectivity index (χ3v) is 0.859. The Morgan fingerprint density at radius 2 is 2.11 bits per heavy atom. The maximum absolute atomic E-state index is 3.73. The number of aromatic nitrogens is 2. The van der Waals surface area contributed by atoms with Crippen LogP contribution in [0.15, 0.2) is 6.07 Å². The molecule has 0 aromatic carbocycles. The second-order valence-electron chi connectivity index (χ2n) is 1.78. The summed E-state index contributed by atoms with van der Waals surface area (Å²) in [4.78, 5) is 0. The fraction of sp³-hybridized carbons (Fsp3) is 0.333. The van der Waals surface area contributed by atoms with Crippen LogP contribution in [0.25, 0.3) is 0 Å². The monoisotopic (exact) mass is 291 g/mol. The Morgan fingerprint density at radius 1 is 1.44 bits per heavy atom. The van der Waals surface area contributed by atoms with Gasteiger partial charge in [-0.1, -0.05) is 6.92 Å². The first-order valence-corrected chi connectivity index (χ1v) is 2.47. The van der Waals surface area contributed by atoms with Crippen LogP contribution in [0.3, 0.4) is 0 Å². The third kappa shape index (κ3) is 2.71. The average Bonchev–Trinajstić information content (AvgIpc) is 1.64. The fourth-order valence-corrected chi connectivity index (χ4v) is 0.557. The molecule has 0 fully saturated rings. The third-order valence-electron chi connectivity index (χ3n) is 0.859. The van der Waals surface area contributed by atoms with Gasteiger partial charge in [0.05, 0.1) is 0 Å². The van der Waals surface area contributed by atoms with Crippen LogP contribution in [-0.2, 0) is 21.1 Å². The Balaban J connectivity index is 0.000000640. The maximum Gasteiger partial charge on any atom is 0 e. The summed E-state index contributed by atoms with van der Waals surface area (Å²) in [5.41, 5.74) is 1.98. The normalized spacial score (nSPS) is 8.22. The number of aryl methyl sites for hydroxylation is 2. The van der Waals surface area contributed by atoms with Gasteiger partial charge in [0.15, 0.2) is 0 Å². The quantitative estimate of drug-likeness (QED) is 0.664. The van der Waals surface area contributed by atoms with E-state index < -0.39 is 0 Å². The van der Waals surface area contributed by atoms with Crippen molar-refractivity contribution in [1.29, 1.82) is 0 Å². The van der Waals surface area contributed by atoms with Crippen LogP contribution in [-0.4, -0.2) is 10.2 Å². The van der Waals surface area contributed by atoms with Crippen molar-refractivity contribution in [3.05, 3.63) is 23.5 Å². The number of hydrogen-bond donors (Lipinski definition) is 0. The molecule has 48 valence electrons. The Morgan fingerprint density at radius 3 is 2.44 bits per heavy atom. The van der Waals surface area contributed by atoms with Crippen molar-refractivity contribution in [2.45, 2.75) is 13.8 Å². The first kappa shape index (κ1) is 8.77. The topological polar surface area (TPSA) is 25.8 Å². The molecule has 0 aliphatic carbocycles. The Bertz CT molecular complexity index is 171. The summed E-state index contributed by atoms with van der Waals surface area (Å²) in [6.07, 6.45) is 2.71. The summed E-state index contributed by atoms with van der Waals surface area (Å²) in [6.45, 7) is 3.86. The molecule has 1 aromatic rings. The van der Waals surface area contributed by atoms with Crippen molar-refractivity contribution < 1.29 is 21.1 Å². The van der Waals surface area contributed by atoms with E-state index in [-0.39, 0.29) is 21.1 Å². The van der Waals surface area contributed by atoms with Crippen molar-refractivity contribution in [2.75, 3.05) is 0 Å². The zero-order valence-electron chi connectivity index (χ0n) is 5.38. The van der Waals surface area contributed by atoms with Crippen LogP contribution in [0.5, 0.6) is 0 Å². The maximum atomic E-state index is 3.73. The zero-order valence-corrected chi connectivity index (χ0v) is 8.31. The molecule has 9 heavy (non-hydrogen) atoms. The molecule has 0 saturated carbocycles. The molecule has 0 N–H and O–H groups in total. The Kier molecular flexibility index (Phi) is 3.63. The van der Waals surface area contributed by atoms with Gasteiger partial charge in [0.1, 0.15) is 0 Å². The van der Waals surface area contributed by atoms with Crippen molar-refractivity contribution in [2.24, 2.45) is 0 Å². The van der Waals surface area contributed by atoms with Gasteiger partial charge >= 0.3 is 0 Å². The van der Waals surface area contributed by atoms with Crippen LogP contribution in [0.1, 0.15) is 11.3 Å². The molecule has 0 saturated heterocycles.